The molecule has 0 aliphatic carbocycles. The maximum Gasteiger partial charge on any atom is 0.491 e. The normalized spacial score (nSPS) is 11.5. The van der Waals surface area contributed by atoms with Gasteiger partial charge in [-0.25, -0.2) is 14.6 Å². The van der Waals surface area contributed by atoms with Crippen molar-refractivity contribution in [3.05, 3.63) is 81.5 Å². The smallest absolute Gasteiger partial charge is 0.491 e. The van der Waals surface area contributed by atoms with Crippen molar-refractivity contribution in [1.29, 1.82) is 0 Å². The number of ether oxygens (including phenoxy) is 4. The topological polar surface area (TPSA) is 101 Å². The van der Waals surface area contributed by atoms with Gasteiger partial charge in [-0.2, -0.15) is 13.2 Å². The van der Waals surface area contributed by atoms with Gasteiger partial charge in [-0.15, -0.1) is 0 Å². The lowest BCUT2D eigenvalue weighted by molar-refractivity contribution is -0.206. The number of rotatable bonds is 9. The predicted octanol–water partition coefficient (Wildman–Crippen LogP) is 6.00. The van der Waals surface area contributed by atoms with Crippen LogP contribution in [0.15, 0.2) is 54.7 Å². The van der Waals surface area contributed by atoms with E-state index in [4.69, 9.17) is 37.4 Å². The molecule has 0 aliphatic rings. The maximum atomic E-state index is 13.2. The summed E-state index contributed by atoms with van der Waals surface area (Å²) < 4.78 is 57.7. The first-order valence-electron chi connectivity index (χ1n) is 11.0. The highest BCUT2D eigenvalue weighted by Crippen LogP contribution is 2.31. The Morgan fingerprint density at radius 3 is 2.15 bits per heavy atom. The Labute approximate surface area is 230 Å². The summed E-state index contributed by atoms with van der Waals surface area (Å²) in [6, 6.07) is 11.9. The number of halogens is 5. The van der Waals surface area contributed by atoms with Crippen molar-refractivity contribution < 1.29 is 46.5 Å². The van der Waals surface area contributed by atoms with Gasteiger partial charge in [0.1, 0.15) is 18.1 Å². The van der Waals surface area contributed by atoms with E-state index in [9.17, 15) is 27.6 Å². The van der Waals surface area contributed by atoms with Crippen LogP contribution < -0.4 is 14.2 Å². The van der Waals surface area contributed by atoms with Crippen LogP contribution in [0.4, 0.5) is 13.2 Å². The first-order valence-corrected chi connectivity index (χ1v) is 11.7. The molecule has 0 radical (unpaired) electrons. The second-order valence-electron chi connectivity index (χ2n) is 8.43. The van der Waals surface area contributed by atoms with Crippen LogP contribution in [0.1, 0.15) is 35.3 Å². The molecule has 0 spiro atoms. The van der Waals surface area contributed by atoms with Crippen molar-refractivity contribution in [2.24, 2.45) is 0 Å². The minimum atomic E-state index is -5.38. The van der Waals surface area contributed by atoms with Crippen LogP contribution in [0.25, 0.3) is 0 Å². The van der Waals surface area contributed by atoms with Gasteiger partial charge in [0, 0.05) is 33.9 Å². The number of ketones is 1. The molecule has 2 aromatic carbocycles. The molecule has 0 saturated heterocycles. The van der Waals surface area contributed by atoms with E-state index in [1.807, 2.05) is 0 Å². The second kappa shape index (κ2) is 11.9. The molecule has 0 unspecified atom stereocenters. The highest BCUT2D eigenvalue weighted by Gasteiger charge is 2.45. The van der Waals surface area contributed by atoms with Gasteiger partial charge in [0.05, 0.1) is 12.7 Å². The van der Waals surface area contributed by atoms with Gasteiger partial charge < -0.3 is 18.9 Å². The van der Waals surface area contributed by atoms with Gasteiger partial charge >= 0.3 is 18.1 Å². The maximum absolute atomic E-state index is 13.2. The van der Waals surface area contributed by atoms with E-state index in [1.165, 1.54) is 43.6 Å². The average molecular weight is 586 g/mol. The number of carbonyl (C=O) groups excluding carboxylic acids is 3. The molecule has 0 atom stereocenters. The molecule has 0 saturated carbocycles. The first kappa shape index (κ1) is 29.7. The Bertz CT molecular complexity index is 1370. The van der Waals surface area contributed by atoms with Crippen molar-refractivity contribution in [1.82, 2.24) is 4.98 Å². The van der Waals surface area contributed by atoms with Crippen LogP contribution in [-0.4, -0.2) is 41.6 Å². The molecule has 3 rings (SSSR count). The Morgan fingerprint density at radius 2 is 1.59 bits per heavy atom. The Morgan fingerprint density at radius 1 is 0.923 bits per heavy atom. The fourth-order valence-electron chi connectivity index (χ4n) is 3.09. The summed E-state index contributed by atoms with van der Waals surface area (Å²) in [4.78, 5) is 40.7. The van der Waals surface area contributed by atoms with E-state index in [2.05, 4.69) is 9.72 Å². The van der Waals surface area contributed by atoms with Crippen LogP contribution in [-0.2, 0) is 20.9 Å². The Hall–Kier alpha value is -3.83. The number of pyridine rings is 1. The molecule has 0 aliphatic heterocycles. The van der Waals surface area contributed by atoms with E-state index in [0.29, 0.717) is 15.6 Å². The zero-order valence-corrected chi connectivity index (χ0v) is 22.1. The number of carbonyl (C=O) groups is 3. The molecule has 1 heterocycles. The molecular formula is C26H20Cl2F3NO7. The van der Waals surface area contributed by atoms with E-state index >= 15 is 0 Å². The Balaban J connectivity index is 1.80. The fraction of sp³-hybridized carbons (Fsp3) is 0.231. The van der Waals surface area contributed by atoms with Crippen LogP contribution >= 0.6 is 23.2 Å². The molecule has 206 valence electrons. The predicted molar refractivity (Wildman–Crippen MR) is 133 cm³/mol. The summed E-state index contributed by atoms with van der Waals surface area (Å²) in [7, 11) is 1.34. The largest absolute Gasteiger partial charge is 0.497 e. The van der Waals surface area contributed by atoms with Crippen LogP contribution in [0.3, 0.4) is 0 Å². The van der Waals surface area contributed by atoms with Crippen molar-refractivity contribution >= 4 is 40.9 Å². The number of hydrogen-bond acceptors (Lipinski definition) is 8. The molecule has 0 N–H and O–H groups in total. The van der Waals surface area contributed by atoms with Crippen molar-refractivity contribution in [3.8, 4) is 17.4 Å². The highest BCUT2D eigenvalue weighted by molar-refractivity contribution is 6.34. The monoisotopic (exact) mass is 585 g/mol. The van der Waals surface area contributed by atoms with Gasteiger partial charge in [-0.3, -0.25) is 4.79 Å². The lowest BCUT2D eigenvalue weighted by Gasteiger charge is -2.25. The zero-order chi connectivity index (χ0) is 29.0. The van der Waals surface area contributed by atoms with Crippen LogP contribution in [0.5, 0.6) is 17.4 Å². The third-order valence-corrected chi connectivity index (χ3v) is 5.45. The number of alkyl halides is 3. The van der Waals surface area contributed by atoms with E-state index in [1.54, 1.807) is 18.2 Å². The summed E-state index contributed by atoms with van der Waals surface area (Å²) in [5.41, 5.74) is -1.35. The standard InChI is InChI=1S/C26H20Cl2F3NO7/c1-25(2,23(34)38-24(35)26(29,30)31)39-20-11-18(36-3)5-6-19(20)22(33)15-4-7-21(32-12-15)37-13-14-8-16(27)10-17(28)9-14/h4-12H,13H2,1-3H3. The number of methoxy groups -OCH3 is 1. The number of benzene rings is 2. The molecule has 3 aromatic rings. The van der Waals surface area contributed by atoms with Gasteiger partial charge in [0.25, 0.3) is 0 Å². The van der Waals surface area contributed by atoms with Crippen molar-refractivity contribution in [2.75, 3.05) is 7.11 Å². The number of esters is 2. The minimum absolute atomic E-state index is 0.0668. The number of nitrogens with zero attached hydrogens (tertiary/aromatic N) is 1. The minimum Gasteiger partial charge on any atom is -0.497 e. The van der Waals surface area contributed by atoms with Gasteiger partial charge in [0.15, 0.2) is 5.78 Å². The summed E-state index contributed by atoms with van der Waals surface area (Å²) in [5.74, 6) is -4.69. The molecule has 1 aromatic heterocycles. The second-order valence-corrected chi connectivity index (χ2v) is 9.30. The fourth-order valence-corrected chi connectivity index (χ4v) is 3.66. The van der Waals surface area contributed by atoms with Gasteiger partial charge in [-0.1, -0.05) is 23.2 Å². The lowest BCUT2D eigenvalue weighted by atomic mass is 10.0. The Kier molecular flexibility index (Phi) is 9.08. The van der Waals surface area contributed by atoms with Crippen molar-refractivity contribution in [2.45, 2.75) is 32.2 Å². The lowest BCUT2D eigenvalue weighted by Crippen LogP contribution is -2.43. The van der Waals surface area contributed by atoms with Crippen molar-refractivity contribution in [3.63, 3.8) is 0 Å². The first-order chi connectivity index (χ1) is 18.2. The summed E-state index contributed by atoms with van der Waals surface area (Å²) >= 11 is 12.0. The number of hydrogen-bond donors (Lipinski definition) is 0. The van der Waals surface area contributed by atoms with Crippen LogP contribution in [0.2, 0.25) is 10.0 Å². The van der Waals surface area contributed by atoms with Gasteiger partial charge in [-0.05, 0) is 55.8 Å². The zero-order valence-electron chi connectivity index (χ0n) is 20.6. The third-order valence-electron chi connectivity index (χ3n) is 5.01. The van der Waals surface area contributed by atoms with E-state index in [-0.39, 0.29) is 35.1 Å². The summed E-state index contributed by atoms with van der Waals surface area (Å²) in [6.45, 7) is 2.26. The molecular weight excluding hydrogens is 566 g/mol. The van der Waals surface area contributed by atoms with Crippen LogP contribution in [0, 0.1) is 0 Å². The average Bonchev–Trinajstić information content (AvgIpc) is 2.86. The SMILES string of the molecule is COc1ccc(C(=O)c2ccc(OCc3cc(Cl)cc(Cl)c3)nc2)c(OC(C)(C)C(=O)OC(=O)C(F)(F)F)c1. The summed E-state index contributed by atoms with van der Waals surface area (Å²) in [6.07, 6.45) is -4.13. The molecule has 39 heavy (non-hydrogen) atoms. The van der Waals surface area contributed by atoms with E-state index in [0.717, 1.165) is 13.8 Å². The molecule has 0 bridgehead atoms. The molecule has 8 nitrogen and oxygen atoms in total. The molecule has 0 amide bonds. The number of aromatic nitrogens is 1. The molecule has 13 heteroatoms. The quantitative estimate of drug-likeness (QED) is 0.171. The van der Waals surface area contributed by atoms with Gasteiger partial charge in [0.2, 0.25) is 11.5 Å². The van der Waals surface area contributed by atoms with E-state index < -0.39 is 29.5 Å². The molecule has 0 fully saturated rings. The third kappa shape index (κ3) is 7.84. The highest BCUT2D eigenvalue weighted by atomic mass is 35.5. The summed E-state index contributed by atoms with van der Waals surface area (Å²) in [5, 5.41) is 0.881.